The molecule has 0 spiro atoms. The lowest BCUT2D eigenvalue weighted by molar-refractivity contribution is -0.122. The number of amides is 1. The molecule has 0 saturated carbocycles. The topological polar surface area (TPSA) is 52.9 Å². The molecule has 1 aromatic carbocycles. The normalized spacial score (nSPS) is 25.6. The number of nitrogens with zero attached hydrogens (tertiary/aromatic N) is 1. The Morgan fingerprint density at radius 3 is 2.44 bits per heavy atom. The van der Waals surface area contributed by atoms with Crippen LogP contribution in [-0.4, -0.2) is 5.91 Å². The molecular weight excluding hydrogens is 224 g/mol. The number of benzene rings is 1. The Labute approximate surface area is 107 Å². The fourth-order valence-electron chi connectivity index (χ4n) is 2.25. The van der Waals surface area contributed by atoms with E-state index in [4.69, 9.17) is 0 Å². The summed E-state index contributed by atoms with van der Waals surface area (Å²) in [5.74, 6) is -0.0158. The Morgan fingerprint density at radius 2 is 1.94 bits per heavy atom. The lowest BCUT2D eigenvalue weighted by atomic mass is 9.91. The fourth-order valence-corrected chi connectivity index (χ4v) is 2.25. The van der Waals surface area contributed by atoms with E-state index in [1.165, 1.54) is 0 Å². The minimum Gasteiger partial charge on any atom is -0.328 e. The first-order valence-corrected chi connectivity index (χ1v) is 6.07. The van der Waals surface area contributed by atoms with Gasteiger partial charge < -0.3 is 5.32 Å². The number of hydrogen-bond acceptors (Lipinski definition) is 2. The number of aryl methyl sites for hydroxylation is 1. The second-order valence-electron chi connectivity index (χ2n) is 4.78. The van der Waals surface area contributed by atoms with Gasteiger partial charge in [0.2, 0.25) is 5.91 Å². The molecule has 1 amide bonds. The molecule has 1 N–H and O–H groups in total. The van der Waals surface area contributed by atoms with E-state index in [2.05, 4.69) is 11.4 Å². The van der Waals surface area contributed by atoms with E-state index >= 15 is 0 Å². The molecular formula is C15H16N2O. The van der Waals surface area contributed by atoms with E-state index in [1.807, 2.05) is 45.0 Å². The number of hydrogen-bond donors (Lipinski definition) is 1. The SMILES string of the molecule is Cc1ccccc1/C(C#N)=C1\NC(=O)C(C)C1C. The summed E-state index contributed by atoms with van der Waals surface area (Å²) in [6.45, 7) is 5.84. The highest BCUT2D eigenvalue weighted by Crippen LogP contribution is 2.32. The zero-order valence-corrected chi connectivity index (χ0v) is 10.8. The summed E-state index contributed by atoms with van der Waals surface area (Å²) >= 11 is 0. The van der Waals surface area contributed by atoms with Gasteiger partial charge in [0.15, 0.2) is 0 Å². The standard InChI is InChI=1S/C15H16N2O/c1-9-6-4-5-7-12(9)13(8-16)14-10(2)11(3)15(18)17-14/h4-7,10-11H,1-3H3,(H,17,18)/b14-13-. The van der Waals surface area contributed by atoms with E-state index in [-0.39, 0.29) is 17.7 Å². The molecule has 3 nitrogen and oxygen atoms in total. The molecule has 0 aromatic heterocycles. The lowest BCUT2D eigenvalue weighted by Crippen LogP contribution is -2.17. The van der Waals surface area contributed by atoms with Crippen LogP contribution in [0.15, 0.2) is 30.0 Å². The maximum absolute atomic E-state index is 11.7. The van der Waals surface area contributed by atoms with Crippen molar-refractivity contribution in [2.45, 2.75) is 20.8 Å². The van der Waals surface area contributed by atoms with Gasteiger partial charge in [-0.1, -0.05) is 38.1 Å². The van der Waals surface area contributed by atoms with Gasteiger partial charge in [0.05, 0.1) is 5.57 Å². The first-order chi connectivity index (χ1) is 8.56. The zero-order valence-electron chi connectivity index (χ0n) is 10.8. The van der Waals surface area contributed by atoms with E-state index in [0.29, 0.717) is 5.57 Å². The number of carbonyl (C=O) groups excluding carboxylic acids is 1. The van der Waals surface area contributed by atoms with Crippen molar-refractivity contribution in [3.05, 3.63) is 41.1 Å². The number of nitrogens with one attached hydrogen (secondary N) is 1. The molecule has 92 valence electrons. The van der Waals surface area contributed by atoms with Crippen LogP contribution < -0.4 is 5.32 Å². The molecule has 2 rings (SSSR count). The van der Waals surface area contributed by atoms with E-state index < -0.39 is 0 Å². The van der Waals surface area contributed by atoms with Gasteiger partial charge in [0, 0.05) is 17.5 Å². The molecule has 2 atom stereocenters. The summed E-state index contributed by atoms with van der Waals surface area (Å²) in [6.07, 6.45) is 0. The molecule has 18 heavy (non-hydrogen) atoms. The molecule has 1 fully saturated rings. The van der Waals surface area contributed by atoms with Gasteiger partial charge in [-0.3, -0.25) is 4.79 Å². The van der Waals surface area contributed by atoms with E-state index in [9.17, 15) is 10.1 Å². The Hall–Kier alpha value is -2.08. The van der Waals surface area contributed by atoms with Crippen molar-refractivity contribution in [3.8, 4) is 6.07 Å². The van der Waals surface area contributed by atoms with Gasteiger partial charge in [0.1, 0.15) is 6.07 Å². The molecule has 1 aromatic rings. The highest BCUT2D eigenvalue weighted by Gasteiger charge is 2.34. The molecule has 0 radical (unpaired) electrons. The summed E-state index contributed by atoms with van der Waals surface area (Å²) < 4.78 is 0. The average Bonchev–Trinajstić information content (AvgIpc) is 2.61. The average molecular weight is 240 g/mol. The first kappa shape index (κ1) is 12.4. The fraction of sp³-hybridized carbons (Fsp3) is 0.333. The van der Waals surface area contributed by atoms with Crippen LogP contribution in [0, 0.1) is 30.1 Å². The van der Waals surface area contributed by atoms with Crippen LogP contribution in [0.2, 0.25) is 0 Å². The minimum absolute atomic E-state index is 0.00108. The lowest BCUT2D eigenvalue weighted by Gasteiger charge is -2.11. The Balaban J connectivity index is 2.57. The first-order valence-electron chi connectivity index (χ1n) is 6.07. The third-order valence-corrected chi connectivity index (χ3v) is 3.67. The monoisotopic (exact) mass is 240 g/mol. The largest absolute Gasteiger partial charge is 0.328 e. The van der Waals surface area contributed by atoms with E-state index in [0.717, 1.165) is 16.8 Å². The third kappa shape index (κ3) is 1.91. The highest BCUT2D eigenvalue weighted by atomic mass is 16.2. The van der Waals surface area contributed by atoms with Crippen molar-refractivity contribution < 1.29 is 4.79 Å². The van der Waals surface area contributed by atoms with Crippen LogP contribution in [0.5, 0.6) is 0 Å². The number of allylic oxidation sites excluding steroid dienone is 2. The molecule has 1 heterocycles. The zero-order chi connectivity index (χ0) is 13.3. The van der Waals surface area contributed by atoms with Crippen LogP contribution in [0.1, 0.15) is 25.0 Å². The minimum atomic E-state index is -0.0765. The predicted molar refractivity (Wildman–Crippen MR) is 70.2 cm³/mol. The van der Waals surface area contributed by atoms with Gasteiger partial charge in [0.25, 0.3) is 0 Å². The summed E-state index contributed by atoms with van der Waals surface area (Å²) in [7, 11) is 0. The number of nitriles is 1. The van der Waals surface area contributed by atoms with Crippen molar-refractivity contribution in [1.29, 1.82) is 5.26 Å². The van der Waals surface area contributed by atoms with Crippen LogP contribution in [0.3, 0.4) is 0 Å². The Bertz CT molecular complexity index is 566. The van der Waals surface area contributed by atoms with Crippen molar-refractivity contribution in [1.82, 2.24) is 5.32 Å². The second-order valence-corrected chi connectivity index (χ2v) is 4.78. The summed E-state index contributed by atoms with van der Waals surface area (Å²) in [5, 5.41) is 12.2. The van der Waals surface area contributed by atoms with Crippen LogP contribution in [-0.2, 0) is 4.79 Å². The molecule has 0 bridgehead atoms. The van der Waals surface area contributed by atoms with Gasteiger partial charge >= 0.3 is 0 Å². The van der Waals surface area contributed by atoms with Crippen LogP contribution in [0.25, 0.3) is 5.57 Å². The third-order valence-electron chi connectivity index (χ3n) is 3.67. The summed E-state index contributed by atoms with van der Waals surface area (Å²) in [5.41, 5.74) is 3.28. The quantitative estimate of drug-likeness (QED) is 0.767. The van der Waals surface area contributed by atoms with Gasteiger partial charge in [-0.15, -0.1) is 0 Å². The van der Waals surface area contributed by atoms with Gasteiger partial charge in [-0.05, 0) is 18.1 Å². The number of carbonyl (C=O) groups is 1. The van der Waals surface area contributed by atoms with E-state index in [1.54, 1.807) is 0 Å². The van der Waals surface area contributed by atoms with Crippen LogP contribution >= 0.6 is 0 Å². The molecule has 2 unspecified atom stereocenters. The van der Waals surface area contributed by atoms with Gasteiger partial charge in [-0.25, -0.2) is 0 Å². The second kappa shape index (κ2) is 4.66. The van der Waals surface area contributed by atoms with Crippen molar-refractivity contribution >= 4 is 11.5 Å². The van der Waals surface area contributed by atoms with Gasteiger partial charge in [-0.2, -0.15) is 5.26 Å². The highest BCUT2D eigenvalue weighted by molar-refractivity contribution is 5.91. The predicted octanol–water partition coefficient (Wildman–Crippen LogP) is 2.63. The molecule has 3 heteroatoms. The maximum Gasteiger partial charge on any atom is 0.227 e. The van der Waals surface area contributed by atoms with Crippen molar-refractivity contribution in [2.24, 2.45) is 11.8 Å². The van der Waals surface area contributed by atoms with Crippen LogP contribution in [0.4, 0.5) is 0 Å². The summed E-state index contributed by atoms with van der Waals surface area (Å²) in [4.78, 5) is 11.7. The maximum atomic E-state index is 11.7. The summed E-state index contributed by atoms with van der Waals surface area (Å²) in [6, 6.07) is 9.98. The molecule has 1 saturated heterocycles. The smallest absolute Gasteiger partial charge is 0.227 e. The van der Waals surface area contributed by atoms with Crippen molar-refractivity contribution in [2.75, 3.05) is 0 Å². The molecule has 1 aliphatic heterocycles. The molecule has 0 aliphatic carbocycles. The Morgan fingerprint density at radius 1 is 1.28 bits per heavy atom. The number of rotatable bonds is 1. The Kier molecular flexibility index (Phi) is 3.20. The van der Waals surface area contributed by atoms with Crippen molar-refractivity contribution in [3.63, 3.8) is 0 Å². The molecule has 1 aliphatic rings.